The van der Waals surface area contributed by atoms with E-state index in [0.29, 0.717) is 17.7 Å². The van der Waals surface area contributed by atoms with Gasteiger partial charge in [0.15, 0.2) is 0 Å². The number of amides is 3. The molecule has 0 unspecified atom stereocenters. The zero-order valence-corrected chi connectivity index (χ0v) is 64.9. The Labute approximate surface area is 568 Å². The van der Waals surface area contributed by atoms with Gasteiger partial charge in [0.2, 0.25) is 17.7 Å². The first kappa shape index (κ1) is 115. The molecule has 9 fully saturated rings. The molecule has 0 N–H and O–H groups in total. The SMILES string of the molecule is C.C.C.CC.CC.CC.CC.CC.CC.CC.CC.CC.CN1CCCC1.CN1CCCC1=O.CN1CCCCC1.CN1CCCCC1.CN1CCCCC1=O.CN1CCCCCC1.CN1CCCCCC1.CN1CCCCCC1.CN1CCCCCC1=O. The van der Waals surface area contributed by atoms with E-state index in [1.807, 2.05) is 151 Å². The summed E-state index contributed by atoms with van der Waals surface area (Å²) >= 11 is 0. The fourth-order valence-electron chi connectivity index (χ4n) is 9.51. The maximum atomic E-state index is 10.9. The first-order chi connectivity index (χ1) is 41.8. The molecule has 0 atom stereocenters. The van der Waals surface area contributed by atoms with Crippen LogP contribution >= 0.6 is 0 Å². The van der Waals surface area contributed by atoms with Crippen LogP contribution in [0.1, 0.15) is 333 Å². The van der Waals surface area contributed by atoms with Gasteiger partial charge < -0.3 is 44.1 Å². The molecule has 9 heterocycles. The molecule has 0 aromatic rings. The van der Waals surface area contributed by atoms with Gasteiger partial charge in [0.1, 0.15) is 0 Å². The van der Waals surface area contributed by atoms with Crippen LogP contribution < -0.4 is 0 Å². The summed E-state index contributed by atoms with van der Waals surface area (Å²) in [7, 11) is 18.8. The highest BCUT2D eigenvalue weighted by Crippen LogP contribution is 2.11. The van der Waals surface area contributed by atoms with Gasteiger partial charge in [-0.15, -0.1) is 0 Å². The number of rotatable bonds is 0. The van der Waals surface area contributed by atoms with Gasteiger partial charge in [0, 0.05) is 60.0 Å². The summed E-state index contributed by atoms with van der Waals surface area (Å²) in [5.41, 5.74) is 0. The molecule has 0 aromatic heterocycles. The smallest absolute Gasteiger partial charge is 0.222 e. The van der Waals surface area contributed by atoms with E-state index in [0.717, 1.165) is 58.2 Å². The summed E-state index contributed by atoms with van der Waals surface area (Å²) < 4.78 is 0. The molecule has 552 valence electrons. The molecule has 0 spiro atoms. The number of hydrogen-bond donors (Lipinski definition) is 0. The molecule has 3 amide bonds. The van der Waals surface area contributed by atoms with Crippen molar-refractivity contribution in [3.63, 3.8) is 0 Å². The van der Waals surface area contributed by atoms with Crippen LogP contribution in [0.5, 0.6) is 0 Å². The summed E-state index contributed by atoms with van der Waals surface area (Å²) in [6.45, 7) is 54.7. The van der Waals surface area contributed by atoms with Gasteiger partial charge in [0.05, 0.1) is 0 Å². The van der Waals surface area contributed by atoms with E-state index in [1.165, 1.54) is 226 Å². The minimum atomic E-state index is 0. The zero-order chi connectivity index (χ0) is 68.0. The average Bonchev–Trinajstić information content (AvgIpc) is 3.95. The lowest BCUT2D eigenvalue weighted by molar-refractivity contribution is -0.132. The summed E-state index contributed by atoms with van der Waals surface area (Å²) in [5, 5.41) is 0. The number of piperidine rings is 3. The maximum absolute atomic E-state index is 10.9. The third-order valence-electron chi connectivity index (χ3n) is 14.7. The van der Waals surface area contributed by atoms with E-state index < -0.39 is 0 Å². The zero-order valence-electron chi connectivity index (χ0n) is 64.9. The second-order valence-corrected chi connectivity index (χ2v) is 21.7. The maximum Gasteiger partial charge on any atom is 0.222 e. The summed E-state index contributed by atoms with van der Waals surface area (Å²) in [4.78, 5) is 52.0. The molecule has 0 aromatic carbocycles. The van der Waals surface area contributed by atoms with Gasteiger partial charge in [-0.05, 0) is 230 Å². The minimum absolute atomic E-state index is 0. The summed E-state index contributed by atoms with van der Waals surface area (Å²) in [6, 6.07) is 0. The molecule has 12 nitrogen and oxygen atoms in total. The van der Waals surface area contributed by atoms with Crippen molar-refractivity contribution in [3.8, 4) is 0 Å². The summed E-state index contributed by atoms with van der Waals surface area (Å²) in [6.07, 6.45) is 37.6. The third kappa shape index (κ3) is 92.7. The minimum Gasteiger partial charge on any atom is -0.346 e. The van der Waals surface area contributed by atoms with Crippen molar-refractivity contribution >= 4 is 17.7 Å². The van der Waals surface area contributed by atoms with Gasteiger partial charge in [0.25, 0.3) is 0 Å². The molecular weight excluding hydrogens is 1100 g/mol. The Balaban J connectivity index is -0.0000000723. The second-order valence-electron chi connectivity index (χ2n) is 21.7. The van der Waals surface area contributed by atoms with E-state index in [2.05, 4.69) is 71.7 Å². The number of carbonyl (C=O) groups excluding carboxylic acids is 3. The summed E-state index contributed by atoms with van der Waals surface area (Å²) in [5.74, 6) is 0.906. The van der Waals surface area contributed by atoms with Crippen LogP contribution in [-0.2, 0) is 14.4 Å². The molecule has 0 saturated carbocycles. The Morgan fingerprint density at radius 3 is 0.449 bits per heavy atom. The van der Waals surface area contributed by atoms with E-state index in [9.17, 15) is 14.4 Å². The van der Waals surface area contributed by atoms with Crippen LogP contribution in [0.3, 0.4) is 0 Å². The lowest BCUT2D eigenvalue weighted by Crippen LogP contribution is -2.31. The third-order valence-corrected chi connectivity index (χ3v) is 14.7. The molecule has 0 bridgehead atoms. The van der Waals surface area contributed by atoms with Crippen LogP contribution in [0.2, 0.25) is 0 Å². The number of hydrogen-bond acceptors (Lipinski definition) is 9. The topological polar surface area (TPSA) is 80.4 Å². The molecule has 9 rings (SSSR count). The lowest BCUT2D eigenvalue weighted by atomic mass is 10.1. The van der Waals surface area contributed by atoms with Gasteiger partial charge in [-0.1, -0.05) is 205 Å². The normalized spacial score (nSPS) is 18.9. The quantitative estimate of drug-likeness (QED) is 0.236. The molecule has 9 saturated heterocycles. The van der Waals surface area contributed by atoms with Crippen molar-refractivity contribution in [1.82, 2.24) is 44.1 Å². The molecule has 89 heavy (non-hydrogen) atoms. The molecule has 12 heteroatoms. The van der Waals surface area contributed by atoms with Crippen LogP contribution in [0.25, 0.3) is 0 Å². The number of carbonyl (C=O) groups is 3. The molecule has 9 aliphatic heterocycles. The van der Waals surface area contributed by atoms with Crippen LogP contribution in [0, 0.1) is 0 Å². The Morgan fingerprint density at radius 2 is 0.281 bits per heavy atom. The van der Waals surface area contributed by atoms with Crippen molar-refractivity contribution in [3.05, 3.63) is 0 Å². The lowest BCUT2D eigenvalue weighted by Gasteiger charge is -2.21. The Kier molecular flexibility index (Phi) is 132. The predicted molar refractivity (Wildman–Crippen MR) is 414 cm³/mol. The van der Waals surface area contributed by atoms with Gasteiger partial charge in [-0.25, -0.2) is 0 Å². The predicted octanol–water partition coefficient (Wildman–Crippen LogP) is 20.4. The average molecular weight is 1280 g/mol. The van der Waals surface area contributed by atoms with Gasteiger partial charge >= 0.3 is 0 Å². The Bertz CT molecular complexity index is 1100. The van der Waals surface area contributed by atoms with Crippen LogP contribution in [0.15, 0.2) is 0 Å². The van der Waals surface area contributed by atoms with E-state index >= 15 is 0 Å². The van der Waals surface area contributed by atoms with E-state index in [1.54, 1.807) is 9.80 Å². The first-order valence-electron chi connectivity index (χ1n) is 37.6. The fraction of sp³-hybridized carbons (Fsp3) is 0.961. The monoisotopic (exact) mass is 1280 g/mol. The first-order valence-corrected chi connectivity index (χ1v) is 37.6. The fourth-order valence-corrected chi connectivity index (χ4v) is 9.51. The highest BCUT2D eigenvalue weighted by atomic mass is 16.2. The number of likely N-dealkylation sites (tertiary alicyclic amines) is 9. The van der Waals surface area contributed by atoms with Gasteiger partial charge in [-0.2, -0.15) is 0 Å². The highest BCUT2D eigenvalue weighted by Gasteiger charge is 2.15. The molecular formula is C77H181N9O3. The van der Waals surface area contributed by atoms with E-state index in [-0.39, 0.29) is 22.3 Å². The molecule has 9 aliphatic rings. The van der Waals surface area contributed by atoms with Crippen molar-refractivity contribution in [2.24, 2.45) is 0 Å². The molecule has 0 aliphatic carbocycles. The van der Waals surface area contributed by atoms with Crippen molar-refractivity contribution < 1.29 is 14.4 Å². The van der Waals surface area contributed by atoms with Crippen molar-refractivity contribution in [1.29, 1.82) is 0 Å². The van der Waals surface area contributed by atoms with Gasteiger partial charge in [-0.3, -0.25) is 14.4 Å². The van der Waals surface area contributed by atoms with Crippen molar-refractivity contribution in [2.45, 2.75) is 333 Å². The second kappa shape index (κ2) is 102. The van der Waals surface area contributed by atoms with Crippen LogP contribution in [0.4, 0.5) is 0 Å². The highest BCUT2D eigenvalue weighted by molar-refractivity contribution is 5.77. The van der Waals surface area contributed by atoms with E-state index in [4.69, 9.17) is 0 Å². The molecule has 0 radical (unpaired) electrons. The Morgan fingerprint density at radius 1 is 0.169 bits per heavy atom. The number of nitrogens with zero attached hydrogens (tertiary/aromatic N) is 9. The van der Waals surface area contributed by atoms with Crippen LogP contribution in [-0.4, -0.2) is 223 Å². The standard InChI is InChI=1S/C7H13NO.3C7H15N.C6H11NO.2C6H13N.C5H9NO.C5H11N.9C2H6.3CH4/c1-8-6-4-2-3-5-7(8)9;3*1-8-6-4-2-3-5-7-8;1-7-5-3-2-4-6(7)8;2*1-7-5-3-2-4-6-7;1-6-4-2-3-5(6)7;1-6-4-2-3-5-6;9*1-2;;;/h2-6H2,1H3;3*2-7H2,1H3;2-5H2,1H3;2*2-6H2,1H3;2-4H2,1H3;2-5H2,1H3;9*1-2H3;3*1H4. The Hall–Kier alpha value is -1.83. The largest absolute Gasteiger partial charge is 0.346 e. The van der Waals surface area contributed by atoms with Crippen molar-refractivity contribution in [2.75, 3.05) is 162 Å².